The Balaban J connectivity index is 1.57. The zero-order valence-corrected chi connectivity index (χ0v) is 18.1. The quantitative estimate of drug-likeness (QED) is 0.527. The number of alkyl halides is 3. The highest BCUT2D eigenvalue weighted by Gasteiger charge is 2.27. The molecule has 2 heterocycles. The van der Waals surface area contributed by atoms with Crippen molar-refractivity contribution in [1.82, 2.24) is 24.9 Å². The molecule has 31 heavy (non-hydrogen) atoms. The van der Waals surface area contributed by atoms with Crippen LogP contribution < -0.4 is 5.32 Å². The number of hydrogen-bond acceptors (Lipinski definition) is 6. The van der Waals surface area contributed by atoms with Crippen molar-refractivity contribution in [2.75, 3.05) is 12.9 Å². The summed E-state index contributed by atoms with van der Waals surface area (Å²) >= 11 is 1.42. The lowest BCUT2D eigenvalue weighted by molar-refractivity contribution is -0.176. The first kappa shape index (κ1) is 23.0. The number of halogens is 3. The molecule has 0 atom stereocenters. The molecule has 1 amide bonds. The number of benzene rings is 1. The molecule has 0 saturated heterocycles. The van der Waals surface area contributed by atoms with E-state index in [4.69, 9.17) is 0 Å². The molecule has 0 aliphatic carbocycles. The molecule has 2 aromatic heterocycles. The van der Waals surface area contributed by atoms with Crippen LogP contribution in [-0.4, -0.2) is 44.5 Å². The van der Waals surface area contributed by atoms with Gasteiger partial charge >= 0.3 is 6.18 Å². The van der Waals surface area contributed by atoms with E-state index >= 15 is 0 Å². The van der Waals surface area contributed by atoms with E-state index in [1.807, 2.05) is 20.1 Å². The lowest BCUT2D eigenvalue weighted by Gasteiger charge is -2.11. The molecular formula is C20H22F3N5O2S. The summed E-state index contributed by atoms with van der Waals surface area (Å²) in [5, 5.41) is 7.85. The van der Waals surface area contributed by atoms with Crippen LogP contribution in [0.4, 0.5) is 13.2 Å². The summed E-state index contributed by atoms with van der Waals surface area (Å²) in [5.74, 6) is 0.331. The van der Waals surface area contributed by atoms with E-state index in [1.165, 1.54) is 11.8 Å². The number of aromatic nitrogens is 4. The summed E-state index contributed by atoms with van der Waals surface area (Å²) in [6, 6.07) is 6.85. The minimum absolute atomic E-state index is 0.124. The maximum Gasteiger partial charge on any atom is 0.411 e. The van der Waals surface area contributed by atoms with Crippen molar-refractivity contribution in [2.24, 2.45) is 0 Å². The summed E-state index contributed by atoms with van der Waals surface area (Å²) in [6.07, 6.45) is -2.31. The van der Waals surface area contributed by atoms with Crippen LogP contribution in [-0.2, 0) is 29.1 Å². The van der Waals surface area contributed by atoms with Crippen LogP contribution in [0.3, 0.4) is 0 Å². The molecule has 3 aromatic rings. The van der Waals surface area contributed by atoms with Gasteiger partial charge in [-0.15, -0.1) is 5.10 Å². The van der Waals surface area contributed by atoms with Gasteiger partial charge in [0.1, 0.15) is 6.61 Å². The number of rotatable bonds is 8. The van der Waals surface area contributed by atoms with E-state index in [0.717, 1.165) is 22.5 Å². The van der Waals surface area contributed by atoms with Gasteiger partial charge in [-0.1, -0.05) is 36.0 Å². The molecule has 1 N–H and O–H groups in total. The lowest BCUT2D eigenvalue weighted by Crippen LogP contribution is -2.26. The van der Waals surface area contributed by atoms with Crippen molar-refractivity contribution in [2.45, 2.75) is 44.8 Å². The van der Waals surface area contributed by atoms with Gasteiger partial charge in [0.25, 0.3) is 5.78 Å². The standard InChI is InChI=1S/C20H22F3N5O2S/c1-12-16(13(2)28-18(25-12)26-19(27-28)31-3)8-17(29)24-9-14-4-6-15(7-5-14)10-30-11-20(21,22)23/h4-7H,8-11H2,1-3H3,(H,24,29). The number of carbonyl (C=O) groups excluding carboxylic acids is 1. The minimum atomic E-state index is -4.34. The Bertz CT molecular complexity index is 1070. The first-order valence-corrected chi connectivity index (χ1v) is 10.6. The molecule has 0 bridgehead atoms. The number of thioether (sulfide) groups is 1. The SMILES string of the molecule is CSc1nc2nc(C)c(CC(=O)NCc3ccc(COCC(F)(F)F)cc3)c(C)n2n1. The minimum Gasteiger partial charge on any atom is -0.367 e. The molecule has 7 nitrogen and oxygen atoms in total. The fraction of sp³-hybridized carbons (Fsp3) is 0.400. The van der Waals surface area contributed by atoms with Crippen LogP contribution in [0.5, 0.6) is 0 Å². The molecule has 0 spiro atoms. The number of ether oxygens (including phenoxy) is 1. The molecule has 0 aliphatic heterocycles. The average molecular weight is 453 g/mol. The molecule has 0 radical (unpaired) electrons. The van der Waals surface area contributed by atoms with Gasteiger partial charge in [-0.05, 0) is 31.2 Å². The largest absolute Gasteiger partial charge is 0.411 e. The summed E-state index contributed by atoms with van der Waals surface area (Å²) in [7, 11) is 0. The Morgan fingerprint density at radius 3 is 2.48 bits per heavy atom. The number of carbonyl (C=O) groups is 1. The summed E-state index contributed by atoms with van der Waals surface area (Å²) < 4.78 is 42.6. The van der Waals surface area contributed by atoms with E-state index in [9.17, 15) is 18.0 Å². The van der Waals surface area contributed by atoms with Gasteiger partial charge < -0.3 is 10.1 Å². The van der Waals surface area contributed by atoms with Crippen molar-refractivity contribution >= 4 is 23.4 Å². The van der Waals surface area contributed by atoms with Crippen LogP contribution in [0.15, 0.2) is 29.4 Å². The van der Waals surface area contributed by atoms with Gasteiger partial charge in [-0.25, -0.2) is 9.50 Å². The summed E-state index contributed by atoms with van der Waals surface area (Å²) in [5.41, 5.74) is 3.79. The monoisotopic (exact) mass is 453 g/mol. The number of nitrogens with zero attached hydrogens (tertiary/aromatic N) is 4. The molecule has 11 heteroatoms. The third-order valence-electron chi connectivity index (χ3n) is 4.60. The van der Waals surface area contributed by atoms with Gasteiger partial charge in [-0.2, -0.15) is 18.2 Å². The Hall–Kier alpha value is -2.66. The summed E-state index contributed by atoms with van der Waals surface area (Å²) in [4.78, 5) is 21.2. The lowest BCUT2D eigenvalue weighted by atomic mass is 10.1. The zero-order valence-electron chi connectivity index (χ0n) is 17.3. The number of fused-ring (bicyclic) bond motifs is 1. The van der Waals surface area contributed by atoms with Crippen LogP contribution in [0, 0.1) is 13.8 Å². The molecule has 0 unspecified atom stereocenters. The van der Waals surface area contributed by atoms with Crippen molar-refractivity contribution in [3.8, 4) is 0 Å². The second-order valence-corrected chi connectivity index (χ2v) is 7.72. The van der Waals surface area contributed by atoms with Crippen molar-refractivity contribution in [3.05, 3.63) is 52.3 Å². The number of amides is 1. The second kappa shape index (κ2) is 9.65. The van der Waals surface area contributed by atoms with Crippen molar-refractivity contribution < 1.29 is 22.7 Å². The van der Waals surface area contributed by atoms with Crippen LogP contribution in [0.2, 0.25) is 0 Å². The second-order valence-electron chi connectivity index (χ2n) is 6.95. The Labute approximate surface area is 181 Å². The molecule has 166 valence electrons. The maximum atomic E-state index is 12.5. The number of aryl methyl sites for hydroxylation is 2. The first-order chi connectivity index (χ1) is 14.7. The van der Waals surface area contributed by atoms with Crippen LogP contribution in [0.1, 0.15) is 28.1 Å². The van der Waals surface area contributed by atoms with Gasteiger partial charge in [0.05, 0.1) is 13.0 Å². The average Bonchev–Trinajstić information content (AvgIpc) is 3.13. The predicted molar refractivity (Wildman–Crippen MR) is 110 cm³/mol. The maximum absolute atomic E-state index is 12.5. The molecular weight excluding hydrogens is 431 g/mol. The highest BCUT2D eigenvalue weighted by atomic mass is 32.2. The molecule has 3 rings (SSSR count). The highest BCUT2D eigenvalue weighted by Crippen LogP contribution is 2.18. The molecule has 0 saturated carbocycles. The van der Waals surface area contributed by atoms with Crippen LogP contribution in [0.25, 0.3) is 5.78 Å². The highest BCUT2D eigenvalue weighted by molar-refractivity contribution is 7.98. The van der Waals surface area contributed by atoms with Gasteiger partial charge in [-0.3, -0.25) is 4.79 Å². The fourth-order valence-electron chi connectivity index (χ4n) is 2.99. The number of nitrogens with one attached hydrogen (secondary N) is 1. The topological polar surface area (TPSA) is 81.4 Å². The van der Waals surface area contributed by atoms with Gasteiger partial charge in [0.2, 0.25) is 11.1 Å². The third-order valence-corrected chi connectivity index (χ3v) is 5.13. The number of hydrogen-bond donors (Lipinski definition) is 1. The smallest absolute Gasteiger partial charge is 0.367 e. The Morgan fingerprint density at radius 1 is 1.16 bits per heavy atom. The molecule has 0 fully saturated rings. The normalized spacial score (nSPS) is 11.8. The Kier molecular flexibility index (Phi) is 7.16. The molecule has 0 aliphatic rings. The van der Waals surface area contributed by atoms with E-state index in [1.54, 1.807) is 28.8 Å². The van der Waals surface area contributed by atoms with Gasteiger partial charge in [0, 0.05) is 23.5 Å². The summed E-state index contributed by atoms with van der Waals surface area (Å²) in [6.45, 7) is 2.61. The predicted octanol–water partition coefficient (Wildman–Crippen LogP) is 3.40. The first-order valence-electron chi connectivity index (χ1n) is 9.42. The van der Waals surface area contributed by atoms with Gasteiger partial charge in [0.15, 0.2) is 0 Å². The van der Waals surface area contributed by atoms with Crippen molar-refractivity contribution in [1.29, 1.82) is 0 Å². The van der Waals surface area contributed by atoms with E-state index in [2.05, 4.69) is 25.1 Å². The zero-order chi connectivity index (χ0) is 22.6. The fourth-order valence-corrected chi connectivity index (χ4v) is 3.33. The molecule has 1 aromatic carbocycles. The van der Waals surface area contributed by atoms with Crippen molar-refractivity contribution in [3.63, 3.8) is 0 Å². The van der Waals surface area contributed by atoms with E-state index < -0.39 is 12.8 Å². The van der Waals surface area contributed by atoms with E-state index in [0.29, 0.717) is 23.0 Å². The van der Waals surface area contributed by atoms with Crippen LogP contribution >= 0.6 is 11.8 Å². The third kappa shape index (κ3) is 6.17. The van der Waals surface area contributed by atoms with E-state index in [-0.39, 0.29) is 18.9 Å². The Morgan fingerprint density at radius 2 is 1.84 bits per heavy atom.